The lowest BCUT2D eigenvalue weighted by Gasteiger charge is -2.24. The van der Waals surface area contributed by atoms with Crippen LogP contribution in [0.3, 0.4) is 0 Å². The van der Waals surface area contributed by atoms with E-state index in [4.69, 9.17) is 0 Å². The third-order valence-electron chi connectivity index (χ3n) is 2.70. The fourth-order valence-corrected chi connectivity index (χ4v) is 1.58. The topological polar surface area (TPSA) is 53.5 Å². The van der Waals surface area contributed by atoms with Crippen molar-refractivity contribution in [3.8, 4) is 0 Å². The number of hydrogen-bond acceptors (Lipinski definition) is 3. The number of nitrogens with zero attached hydrogens (tertiary/aromatic N) is 1. The lowest BCUT2D eigenvalue weighted by molar-refractivity contribution is -0.128. The maximum absolute atomic E-state index is 11.5. The molecule has 0 unspecified atom stereocenters. The maximum atomic E-state index is 11.5. The molecular weight excluding hydrogens is 190 g/mol. The second kappa shape index (κ2) is 5.14. The molecule has 86 valence electrons. The number of aliphatic imine (C=N–C) groups is 1. The SMILES string of the molecule is CNC(=O)C(C)(C)CNC1=NCCCC1. The van der Waals surface area contributed by atoms with E-state index in [9.17, 15) is 4.79 Å². The van der Waals surface area contributed by atoms with Crippen molar-refractivity contribution >= 4 is 11.7 Å². The molecule has 1 aliphatic rings. The molecule has 4 heteroatoms. The minimum absolute atomic E-state index is 0.0615. The zero-order valence-corrected chi connectivity index (χ0v) is 9.89. The molecule has 1 aliphatic heterocycles. The minimum atomic E-state index is -0.380. The molecule has 0 aromatic carbocycles. The summed E-state index contributed by atoms with van der Waals surface area (Å²) in [5.41, 5.74) is -0.380. The number of amidine groups is 1. The van der Waals surface area contributed by atoms with Crippen molar-refractivity contribution in [3.63, 3.8) is 0 Å². The van der Waals surface area contributed by atoms with Crippen LogP contribution in [0.25, 0.3) is 0 Å². The summed E-state index contributed by atoms with van der Waals surface area (Å²) in [5.74, 6) is 1.12. The van der Waals surface area contributed by atoms with Crippen molar-refractivity contribution in [2.45, 2.75) is 33.1 Å². The van der Waals surface area contributed by atoms with Crippen LogP contribution in [0.1, 0.15) is 33.1 Å². The van der Waals surface area contributed by atoms with Gasteiger partial charge < -0.3 is 10.6 Å². The molecule has 0 fully saturated rings. The first kappa shape index (κ1) is 12.0. The van der Waals surface area contributed by atoms with E-state index in [1.807, 2.05) is 13.8 Å². The van der Waals surface area contributed by atoms with Gasteiger partial charge in [-0.05, 0) is 26.7 Å². The van der Waals surface area contributed by atoms with Crippen LogP contribution in [0.2, 0.25) is 0 Å². The van der Waals surface area contributed by atoms with Crippen molar-refractivity contribution in [2.75, 3.05) is 20.1 Å². The van der Waals surface area contributed by atoms with Gasteiger partial charge in [0.25, 0.3) is 0 Å². The Labute approximate surface area is 91.5 Å². The Morgan fingerprint density at radius 1 is 1.47 bits per heavy atom. The summed E-state index contributed by atoms with van der Waals surface area (Å²) in [6.07, 6.45) is 3.40. The highest BCUT2D eigenvalue weighted by Gasteiger charge is 2.26. The Morgan fingerprint density at radius 2 is 2.20 bits per heavy atom. The predicted molar refractivity (Wildman–Crippen MR) is 62.0 cm³/mol. The highest BCUT2D eigenvalue weighted by Crippen LogP contribution is 2.14. The van der Waals surface area contributed by atoms with Crippen molar-refractivity contribution in [3.05, 3.63) is 0 Å². The molecule has 0 saturated carbocycles. The van der Waals surface area contributed by atoms with Gasteiger partial charge in [0.1, 0.15) is 0 Å². The quantitative estimate of drug-likeness (QED) is 0.729. The molecule has 2 N–H and O–H groups in total. The van der Waals surface area contributed by atoms with Crippen LogP contribution in [-0.4, -0.2) is 31.9 Å². The largest absolute Gasteiger partial charge is 0.373 e. The Morgan fingerprint density at radius 3 is 2.73 bits per heavy atom. The lowest BCUT2D eigenvalue weighted by atomic mass is 9.92. The number of carbonyl (C=O) groups excluding carboxylic acids is 1. The second-order valence-corrected chi connectivity index (χ2v) is 4.60. The summed E-state index contributed by atoms with van der Waals surface area (Å²) in [4.78, 5) is 15.9. The van der Waals surface area contributed by atoms with E-state index in [0.717, 1.165) is 18.8 Å². The fraction of sp³-hybridized carbons (Fsp3) is 0.818. The van der Waals surface area contributed by atoms with Crippen molar-refractivity contribution < 1.29 is 4.79 Å². The molecule has 0 spiro atoms. The molecule has 1 amide bonds. The van der Waals surface area contributed by atoms with Crippen LogP contribution in [0.4, 0.5) is 0 Å². The van der Waals surface area contributed by atoms with Gasteiger partial charge in [0.15, 0.2) is 0 Å². The van der Waals surface area contributed by atoms with E-state index in [1.165, 1.54) is 12.8 Å². The third-order valence-corrected chi connectivity index (χ3v) is 2.70. The number of nitrogens with one attached hydrogen (secondary N) is 2. The van der Waals surface area contributed by atoms with Crippen LogP contribution in [0.15, 0.2) is 4.99 Å². The fourth-order valence-electron chi connectivity index (χ4n) is 1.58. The summed E-state index contributed by atoms with van der Waals surface area (Å²) in [6.45, 7) is 5.43. The summed E-state index contributed by atoms with van der Waals surface area (Å²) in [7, 11) is 1.67. The standard InChI is InChI=1S/C11H21N3O/c1-11(2,10(15)12-3)8-14-9-6-4-5-7-13-9/h4-8H2,1-3H3,(H,12,15)(H,13,14). The van der Waals surface area contributed by atoms with Gasteiger partial charge in [0.2, 0.25) is 5.91 Å². The molecule has 0 bridgehead atoms. The molecule has 1 rings (SSSR count). The molecular formula is C11H21N3O. The van der Waals surface area contributed by atoms with Gasteiger partial charge in [0.05, 0.1) is 11.3 Å². The second-order valence-electron chi connectivity index (χ2n) is 4.60. The van der Waals surface area contributed by atoms with E-state index in [0.29, 0.717) is 6.54 Å². The maximum Gasteiger partial charge on any atom is 0.227 e. The highest BCUT2D eigenvalue weighted by atomic mass is 16.2. The minimum Gasteiger partial charge on any atom is -0.373 e. The van der Waals surface area contributed by atoms with E-state index >= 15 is 0 Å². The molecule has 0 aromatic heterocycles. The Kier molecular flexibility index (Phi) is 4.12. The Bertz CT molecular complexity index is 259. The molecule has 0 aromatic rings. The van der Waals surface area contributed by atoms with Gasteiger partial charge in [0, 0.05) is 26.6 Å². The van der Waals surface area contributed by atoms with Crippen LogP contribution in [-0.2, 0) is 4.79 Å². The average molecular weight is 211 g/mol. The molecule has 0 radical (unpaired) electrons. The van der Waals surface area contributed by atoms with E-state index in [2.05, 4.69) is 15.6 Å². The van der Waals surface area contributed by atoms with Gasteiger partial charge in [-0.25, -0.2) is 0 Å². The summed E-state index contributed by atoms with van der Waals surface area (Å²) >= 11 is 0. The van der Waals surface area contributed by atoms with Crippen LogP contribution >= 0.6 is 0 Å². The van der Waals surface area contributed by atoms with Crippen LogP contribution in [0, 0.1) is 5.41 Å². The highest BCUT2D eigenvalue weighted by molar-refractivity contribution is 5.85. The lowest BCUT2D eigenvalue weighted by Crippen LogP contribution is -2.44. The molecule has 0 atom stereocenters. The van der Waals surface area contributed by atoms with E-state index < -0.39 is 0 Å². The zero-order chi connectivity index (χ0) is 11.3. The first-order valence-corrected chi connectivity index (χ1v) is 5.55. The van der Waals surface area contributed by atoms with Crippen molar-refractivity contribution in [2.24, 2.45) is 10.4 Å². The monoisotopic (exact) mass is 211 g/mol. The summed E-state index contributed by atoms with van der Waals surface area (Å²) < 4.78 is 0. The number of rotatable bonds is 3. The van der Waals surface area contributed by atoms with Crippen LogP contribution in [0.5, 0.6) is 0 Å². The number of amides is 1. The number of hydrogen-bond donors (Lipinski definition) is 2. The normalized spacial score (nSPS) is 16.9. The van der Waals surface area contributed by atoms with E-state index in [-0.39, 0.29) is 11.3 Å². The van der Waals surface area contributed by atoms with Crippen molar-refractivity contribution in [1.82, 2.24) is 10.6 Å². The molecule has 0 aliphatic carbocycles. The first-order chi connectivity index (χ1) is 7.06. The summed E-state index contributed by atoms with van der Waals surface area (Å²) in [6, 6.07) is 0. The Balaban J connectivity index is 2.41. The van der Waals surface area contributed by atoms with Gasteiger partial charge in [-0.1, -0.05) is 0 Å². The van der Waals surface area contributed by atoms with Gasteiger partial charge in [-0.3, -0.25) is 9.79 Å². The Hall–Kier alpha value is -1.06. The molecule has 1 heterocycles. The van der Waals surface area contributed by atoms with Gasteiger partial charge in [-0.2, -0.15) is 0 Å². The summed E-state index contributed by atoms with van der Waals surface area (Å²) in [5, 5.41) is 5.94. The zero-order valence-electron chi connectivity index (χ0n) is 9.89. The predicted octanol–water partition coefficient (Wildman–Crippen LogP) is 0.931. The molecule has 0 saturated heterocycles. The van der Waals surface area contributed by atoms with Gasteiger partial charge in [-0.15, -0.1) is 0 Å². The van der Waals surface area contributed by atoms with Crippen LogP contribution < -0.4 is 10.6 Å². The third kappa shape index (κ3) is 3.53. The number of carbonyl (C=O) groups is 1. The van der Waals surface area contributed by atoms with Gasteiger partial charge >= 0.3 is 0 Å². The average Bonchev–Trinajstić information content (AvgIpc) is 2.27. The smallest absolute Gasteiger partial charge is 0.227 e. The van der Waals surface area contributed by atoms with Crippen molar-refractivity contribution in [1.29, 1.82) is 0 Å². The first-order valence-electron chi connectivity index (χ1n) is 5.55. The molecule has 15 heavy (non-hydrogen) atoms. The molecule has 4 nitrogen and oxygen atoms in total. The van der Waals surface area contributed by atoms with E-state index in [1.54, 1.807) is 7.05 Å².